The summed E-state index contributed by atoms with van der Waals surface area (Å²) in [6.45, 7) is 17.7. The van der Waals surface area contributed by atoms with E-state index in [1.807, 2.05) is 66.7 Å². The number of fused-ring (bicyclic) bond motifs is 9. The van der Waals surface area contributed by atoms with Crippen LogP contribution in [0.25, 0.3) is 0 Å². The Morgan fingerprint density at radius 2 is 0.790 bits per heavy atom. The fourth-order valence-electron chi connectivity index (χ4n) is 23.0. The molecule has 0 amide bonds. The van der Waals surface area contributed by atoms with Crippen LogP contribution in [0.4, 0.5) is 0 Å². The van der Waals surface area contributed by atoms with Crippen LogP contribution in [0.1, 0.15) is 240 Å². The summed E-state index contributed by atoms with van der Waals surface area (Å²) in [5, 5.41) is 35.5. The van der Waals surface area contributed by atoms with Gasteiger partial charge in [-0.1, -0.05) is 41.9 Å². The first kappa shape index (κ1) is 104. The predicted octanol–water partition coefficient (Wildman–Crippen LogP) is 13.1. The van der Waals surface area contributed by atoms with Gasteiger partial charge >= 0.3 is 53.7 Å². The highest BCUT2D eigenvalue weighted by Crippen LogP contribution is 2.60. The zero-order chi connectivity index (χ0) is 102. The third kappa shape index (κ3) is 21.7. The maximum absolute atomic E-state index is 14.1. The summed E-state index contributed by atoms with van der Waals surface area (Å²) in [6.07, 6.45) is 12.4. The van der Waals surface area contributed by atoms with E-state index in [0.717, 1.165) is 136 Å². The Bertz CT molecular complexity index is 5900. The number of hydrogen-bond acceptors (Lipinski definition) is 36. The molecule has 3 fully saturated rings. The van der Waals surface area contributed by atoms with E-state index in [1.54, 1.807) is 74.3 Å². The van der Waals surface area contributed by atoms with E-state index in [2.05, 4.69) is 42.9 Å². The Labute approximate surface area is 839 Å². The molecule has 18 rings (SSSR count). The molecular weight excluding hydrogens is 1890 g/mol. The molecule has 35 nitrogen and oxygen atoms in total. The molecule has 2 aromatic heterocycles. The summed E-state index contributed by atoms with van der Waals surface area (Å²) in [4.78, 5) is 134. The predicted molar refractivity (Wildman–Crippen MR) is 514 cm³/mol. The summed E-state index contributed by atoms with van der Waals surface area (Å²) in [7, 11) is 8.23. The summed E-state index contributed by atoms with van der Waals surface area (Å²) in [5.41, 5.74) is -1.50. The van der Waals surface area contributed by atoms with Crippen LogP contribution in [0.3, 0.4) is 0 Å². The minimum atomic E-state index is -2.23. The van der Waals surface area contributed by atoms with Crippen molar-refractivity contribution >= 4 is 76.7 Å². The quantitative estimate of drug-likeness (QED) is 0.0192. The molecule has 12 atom stereocenters. The van der Waals surface area contributed by atoms with Gasteiger partial charge in [0.25, 0.3) is 0 Å². The van der Waals surface area contributed by atoms with Gasteiger partial charge in [0.05, 0.1) is 119 Å². The van der Waals surface area contributed by atoms with Crippen molar-refractivity contribution in [2.24, 2.45) is 0 Å². The van der Waals surface area contributed by atoms with Crippen molar-refractivity contribution in [2.45, 2.75) is 276 Å². The number of aliphatic hydroxyl groups is 3. The van der Waals surface area contributed by atoms with Crippen LogP contribution < -0.4 is 28.4 Å². The lowest BCUT2D eigenvalue weighted by atomic mass is 9.77. The van der Waals surface area contributed by atoms with Gasteiger partial charge in [-0.2, -0.15) is 0 Å². The van der Waals surface area contributed by atoms with E-state index in [9.17, 15) is 58.5 Å². The Morgan fingerprint density at radius 1 is 0.441 bits per heavy atom. The molecule has 3 saturated heterocycles. The molecule has 0 unspecified atom stereocenters. The summed E-state index contributed by atoms with van der Waals surface area (Å²) in [5.74, 6) is -2.23. The number of hydrogen-bond donors (Lipinski definition) is 3. The van der Waals surface area contributed by atoms with Crippen molar-refractivity contribution < 1.29 is 144 Å². The lowest BCUT2D eigenvalue weighted by Gasteiger charge is -2.39. The van der Waals surface area contributed by atoms with Crippen LogP contribution in [0.2, 0.25) is 5.15 Å². The highest BCUT2D eigenvalue weighted by atomic mass is 35.5. The molecule has 143 heavy (non-hydrogen) atoms. The van der Waals surface area contributed by atoms with Crippen molar-refractivity contribution in [3.63, 3.8) is 0 Å². The van der Waals surface area contributed by atoms with Gasteiger partial charge in [0, 0.05) is 25.8 Å². The molecule has 0 radical (unpaired) electrons. The molecule has 9 aliphatic heterocycles. The Kier molecular flexibility index (Phi) is 31.0. The molecule has 6 aromatic rings. The second-order valence-electron chi connectivity index (χ2n) is 40.6. The maximum Gasteiger partial charge on any atom is 0.350 e. The smallest absolute Gasteiger partial charge is 0.350 e. The Hall–Kier alpha value is -11.6. The summed E-state index contributed by atoms with van der Waals surface area (Å²) >= 11 is 7.27. The van der Waals surface area contributed by atoms with Gasteiger partial charge in [0.2, 0.25) is 20.4 Å². The third-order valence-electron chi connectivity index (χ3n) is 30.1. The van der Waals surface area contributed by atoms with Crippen molar-refractivity contribution in [3.8, 4) is 34.5 Å². The topological polar surface area (TPSA) is 416 Å². The molecule has 770 valence electrons. The minimum Gasteiger partial charge on any atom is -0.497 e. The molecule has 4 aromatic carbocycles. The molecule has 3 spiro atoms. The number of methoxy groups -OCH3 is 6. The third-order valence-corrected chi connectivity index (χ3v) is 31.3. The largest absolute Gasteiger partial charge is 0.497 e. The number of esters is 9. The number of nitrogens with zero attached hydrogens (tertiary/aromatic N) is 5. The maximum atomic E-state index is 14.1. The lowest BCUT2D eigenvalue weighted by Crippen LogP contribution is -2.49. The van der Waals surface area contributed by atoms with E-state index in [0.29, 0.717) is 75.2 Å². The molecule has 37 heteroatoms. The molecule has 0 bridgehead atoms. The average Bonchev–Trinajstić information content (AvgIpc) is 1.56. The normalized spacial score (nSPS) is 24.0. The fraction of sp³-hybridized carbons (Fsp3) is 0.557. The van der Waals surface area contributed by atoms with Crippen molar-refractivity contribution in [2.75, 3.05) is 102 Å². The summed E-state index contributed by atoms with van der Waals surface area (Å²) < 4.78 is 102. The van der Waals surface area contributed by atoms with Gasteiger partial charge in [-0.3, -0.25) is 33.9 Å². The number of aromatic nitrogens is 2. The zero-order valence-electron chi connectivity index (χ0n) is 83.2. The standard InChI is InChI=1S/C37H45NO10.C35H41ClN2O10.C34H42N2O10S/c1-35(2,48-30(39)18-24-10-6-5-7-11-24)13-8-15-37(42,22-31(40)44-4)34(41)47-33-29(43-3)21-36-14-9-16-38(36)17-12-25-19-27-28(46-23-45-27)20-26(25)32(33)36;1-33(2,48-31(40)22-8-5-13-37-30(22)36)10-6-12-35(42,19-27(39)44-4)32(41)47-29-26(43-3)18-34-11-7-14-38(34)15-9-21-16-24-25(46-20-45-24)17-23(21)28(29)34;1-20-29(47-18-35-20)30(38)46-32(2,3)9-6-11-34(40,17-26(37)42-5)31(39)45-28-25(41-4)16-33-10-7-12-36(33)13-8-21-14-23-24(44-19-43-23)15-22(21)27(28)33/h5-7,10-11,19-21,32-33,42H,8-9,12-18,22-23H2,1-4H3;5,8,13,16-18,28-29,42H,6-7,9-12,14-15,19-20H2,1-4H3;14-16,18,27-28,40H,6-13,17,19H2,1-5H3/t32-,33-,36+,37-;28-,29-,34+,35-;27-,28-,33+,34-/m111/s1. The number of aryl methyl sites for hydroxylation is 1. The molecule has 3 aliphatic carbocycles. The van der Waals surface area contributed by atoms with Gasteiger partial charge in [-0.15, -0.1) is 11.3 Å². The zero-order valence-corrected chi connectivity index (χ0v) is 84.7. The van der Waals surface area contributed by atoms with Gasteiger partial charge in [0.1, 0.15) is 44.1 Å². The van der Waals surface area contributed by atoms with Crippen LogP contribution in [-0.2, 0) is 116 Å². The van der Waals surface area contributed by atoms with Crippen molar-refractivity contribution in [1.82, 2.24) is 24.7 Å². The van der Waals surface area contributed by atoms with Gasteiger partial charge < -0.3 is 101 Å². The highest BCUT2D eigenvalue weighted by Gasteiger charge is 2.64. The molecule has 0 saturated carbocycles. The van der Waals surface area contributed by atoms with E-state index < -0.39 is 136 Å². The second kappa shape index (κ2) is 42.6. The van der Waals surface area contributed by atoms with Gasteiger partial charge in [-0.05, 0) is 289 Å². The Morgan fingerprint density at radius 3 is 1.13 bits per heavy atom. The first-order chi connectivity index (χ1) is 68.3. The van der Waals surface area contributed by atoms with Crippen LogP contribution >= 0.6 is 22.9 Å². The SMILES string of the molecule is COC(=O)C[C@](O)(CCCC(C)(C)OC(=O)Cc1ccccc1)C(=O)O[C@@H]1C(OC)=C[C@]23CCCN2CCc2cc4c(cc2[C@H]13)OCO4.COC(=O)C[C@](O)(CCCC(C)(C)OC(=O)c1cccnc1Cl)C(=O)O[C@@H]1C(OC)=C[C@]23CCCN2CCc2cc4c(cc2[C@H]13)OCO4.COC(=O)C[C@](O)(CCCC(C)(C)OC(=O)c1scnc1C)C(=O)O[C@@H]1C(OC)=C[C@]23CCCN2CCc2cc4c(cc2[C@H]13)OCO4. The monoisotopic (exact) mass is 2020 g/mol. The van der Waals surface area contributed by atoms with Crippen LogP contribution in [0.5, 0.6) is 34.5 Å². The molecule has 3 N–H and O–H groups in total. The average molecular weight is 2020 g/mol. The minimum absolute atomic E-state index is 0.0222. The number of thiazole rings is 1. The number of ether oxygens (including phenoxy) is 18. The first-order valence-corrected chi connectivity index (χ1v) is 50.1. The van der Waals surface area contributed by atoms with Crippen molar-refractivity contribution in [3.05, 3.63) is 186 Å². The van der Waals surface area contributed by atoms with E-state index in [-0.39, 0.29) is 106 Å². The number of benzene rings is 4. The molecule has 12 aliphatic rings. The number of carbonyl (C=O) groups is 9. The highest BCUT2D eigenvalue weighted by molar-refractivity contribution is 7.11. The molecular formula is C106H128ClN5O30S. The van der Waals surface area contributed by atoms with E-state index >= 15 is 0 Å². The van der Waals surface area contributed by atoms with Gasteiger partial charge in [-0.25, -0.2) is 33.9 Å². The van der Waals surface area contributed by atoms with E-state index in [4.69, 9.17) is 96.9 Å². The number of halogens is 1. The van der Waals surface area contributed by atoms with Crippen molar-refractivity contribution in [1.29, 1.82) is 0 Å². The molecule has 11 heterocycles. The Balaban J connectivity index is 0.000000154. The van der Waals surface area contributed by atoms with Crippen LogP contribution in [0.15, 0.2) is 126 Å². The fourth-order valence-corrected chi connectivity index (χ4v) is 23.9. The summed E-state index contributed by atoms with van der Waals surface area (Å²) in [6, 6.07) is 24.4. The number of pyridine rings is 1. The van der Waals surface area contributed by atoms with E-state index in [1.165, 1.54) is 52.0 Å². The van der Waals surface area contributed by atoms with Crippen LogP contribution in [0, 0.1) is 6.92 Å². The van der Waals surface area contributed by atoms with Gasteiger partial charge in [0.15, 0.2) is 69.6 Å². The number of rotatable bonds is 34. The second-order valence-corrected chi connectivity index (χ2v) is 41.8. The first-order valence-electron chi connectivity index (χ1n) is 48.8. The lowest BCUT2D eigenvalue weighted by molar-refractivity contribution is -0.179. The number of carbonyl (C=O) groups excluding carboxylic acids is 9. The van der Waals surface area contributed by atoms with Crippen LogP contribution in [-0.4, -0.2) is 265 Å².